The number of aromatic hydroxyl groups is 1. The van der Waals surface area contributed by atoms with Gasteiger partial charge in [-0.25, -0.2) is 4.79 Å². The van der Waals surface area contributed by atoms with Crippen molar-refractivity contribution >= 4 is 11.0 Å². The summed E-state index contributed by atoms with van der Waals surface area (Å²) in [5, 5.41) is 10.9. The summed E-state index contributed by atoms with van der Waals surface area (Å²) in [7, 11) is 0. The molecule has 0 bridgehead atoms. The van der Waals surface area contributed by atoms with Crippen LogP contribution in [0.2, 0.25) is 0 Å². The Morgan fingerprint density at radius 2 is 1.96 bits per heavy atom. The molecular formula is C21H17NO5. The van der Waals surface area contributed by atoms with Crippen molar-refractivity contribution in [3.05, 3.63) is 75.9 Å². The van der Waals surface area contributed by atoms with E-state index in [4.69, 9.17) is 13.6 Å². The van der Waals surface area contributed by atoms with Crippen molar-refractivity contribution in [2.75, 3.05) is 0 Å². The first kappa shape index (κ1) is 16.9. The molecule has 136 valence electrons. The molecule has 0 aliphatic carbocycles. The first-order valence-corrected chi connectivity index (χ1v) is 8.42. The number of hydrogen-bond donors (Lipinski definition) is 1. The van der Waals surface area contributed by atoms with E-state index >= 15 is 0 Å². The Labute approximate surface area is 154 Å². The maximum absolute atomic E-state index is 11.9. The van der Waals surface area contributed by atoms with Gasteiger partial charge in [0.15, 0.2) is 11.5 Å². The van der Waals surface area contributed by atoms with Crippen LogP contribution in [0.4, 0.5) is 0 Å². The molecule has 4 rings (SSSR count). The van der Waals surface area contributed by atoms with E-state index in [0.717, 1.165) is 10.9 Å². The number of benzene rings is 1. The van der Waals surface area contributed by atoms with Crippen LogP contribution in [0.15, 0.2) is 62.4 Å². The summed E-state index contributed by atoms with van der Waals surface area (Å²) >= 11 is 0. The van der Waals surface area contributed by atoms with Crippen LogP contribution in [0.5, 0.6) is 11.5 Å². The van der Waals surface area contributed by atoms with E-state index in [2.05, 4.69) is 4.98 Å². The van der Waals surface area contributed by atoms with E-state index in [9.17, 15) is 9.90 Å². The molecule has 3 heterocycles. The van der Waals surface area contributed by atoms with Crippen molar-refractivity contribution in [1.29, 1.82) is 0 Å². The second-order valence-electron chi connectivity index (χ2n) is 6.28. The summed E-state index contributed by atoms with van der Waals surface area (Å²) in [6.45, 7) is 3.60. The zero-order chi connectivity index (χ0) is 19.0. The zero-order valence-corrected chi connectivity index (χ0v) is 14.9. The molecular weight excluding hydrogens is 346 g/mol. The molecule has 3 aromatic heterocycles. The molecule has 1 aromatic carbocycles. The van der Waals surface area contributed by atoms with Gasteiger partial charge >= 0.3 is 5.63 Å². The Kier molecular flexibility index (Phi) is 4.16. The highest BCUT2D eigenvalue weighted by atomic mass is 16.5. The Morgan fingerprint density at radius 3 is 2.74 bits per heavy atom. The first-order chi connectivity index (χ1) is 13.0. The van der Waals surface area contributed by atoms with E-state index in [1.807, 2.05) is 24.3 Å². The summed E-state index contributed by atoms with van der Waals surface area (Å²) in [5.41, 5.74) is 1.64. The van der Waals surface area contributed by atoms with Crippen molar-refractivity contribution in [3.8, 4) is 23.0 Å². The van der Waals surface area contributed by atoms with Gasteiger partial charge in [0.05, 0.1) is 5.56 Å². The monoisotopic (exact) mass is 363 g/mol. The van der Waals surface area contributed by atoms with Crippen molar-refractivity contribution in [2.24, 2.45) is 0 Å². The highest BCUT2D eigenvalue weighted by Crippen LogP contribution is 2.34. The lowest BCUT2D eigenvalue weighted by atomic mass is 10.1. The molecule has 0 saturated carbocycles. The minimum atomic E-state index is -0.589. The Balaban J connectivity index is 1.66. The highest BCUT2D eigenvalue weighted by molar-refractivity contribution is 5.84. The smallest absolute Gasteiger partial charge is 0.343 e. The zero-order valence-electron chi connectivity index (χ0n) is 14.9. The SMILES string of the molecule is Cc1c(-c2cc3cc(OCc4cccnc4)ccc3o2)oc(=O)c(C)c1O. The van der Waals surface area contributed by atoms with Crippen LogP contribution < -0.4 is 10.4 Å². The molecule has 0 aliphatic heterocycles. The van der Waals surface area contributed by atoms with Gasteiger partial charge in [-0.05, 0) is 44.2 Å². The van der Waals surface area contributed by atoms with Gasteiger partial charge in [0.1, 0.15) is 23.7 Å². The molecule has 0 fully saturated rings. The number of nitrogens with zero attached hydrogens (tertiary/aromatic N) is 1. The Hall–Kier alpha value is -3.54. The summed E-state index contributed by atoms with van der Waals surface area (Å²) in [6, 6.07) is 11.0. The molecule has 0 radical (unpaired) electrons. The van der Waals surface area contributed by atoms with Gasteiger partial charge < -0.3 is 18.7 Å². The predicted octanol–water partition coefficient (Wildman–Crippen LogP) is 4.35. The molecule has 0 saturated heterocycles. The van der Waals surface area contributed by atoms with Gasteiger partial charge in [0.2, 0.25) is 0 Å². The van der Waals surface area contributed by atoms with Crippen LogP contribution in [0, 0.1) is 13.8 Å². The van der Waals surface area contributed by atoms with Gasteiger partial charge in [-0.3, -0.25) is 4.98 Å². The Morgan fingerprint density at radius 1 is 1.11 bits per heavy atom. The third-order valence-electron chi connectivity index (χ3n) is 4.39. The van der Waals surface area contributed by atoms with Crippen molar-refractivity contribution in [1.82, 2.24) is 4.98 Å². The average Bonchev–Trinajstić information content (AvgIpc) is 3.11. The van der Waals surface area contributed by atoms with E-state index in [0.29, 0.717) is 29.3 Å². The van der Waals surface area contributed by atoms with E-state index in [-0.39, 0.29) is 17.1 Å². The lowest BCUT2D eigenvalue weighted by Gasteiger charge is -2.05. The van der Waals surface area contributed by atoms with Crippen LogP contribution in [-0.4, -0.2) is 10.1 Å². The summed E-state index contributed by atoms with van der Waals surface area (Å²) in [5.74, 6) is 1.20. The highest BCUT2D eigenvalue weighted by Gasteiger charge is 2.18. The molecule has 0 aliphatic rings. The lowest BCUT2D eigenvalue weighted by molar-refractivity contribution is 0.306. The molecule has 0 spiro atoms. The summed E-state index contributed by atoms with van der Waals surface area (Å²) in [6.07, 6.45) is 3.47. The second kappa shape index (κ2) is 6.64. The van der Waals surface area contributed by atoms with Gasteiger partial charge in [0.25, 0.3) is 0 Å². The number of hydrogen-bond acceptors (Lipinski definition) is 6. The maximum atomic E-state index is 11.9. The number of fused-ring (bicyclic) bond motifs is 1. The number of ether oxygens (including phenoxy) is 1. The molecule has 1 N–H and O–H groups in total. The summed E-state index contributed by atoms with van der Waals surface area (Å²) < 4.78 is 16.9. The number of pyridine rings is 1. The Bertz CT molecular complexity index is 1170. The average molecular weight is 363 g/mol. The standard InChI is InChI=1S/C21H17NO5/c1-12-19(23)13(2)21(24)27-20(12)18-9-15-8-16(5-6-17(15)26-18)25-11-14-4-3-7-22-10-14/h3-10,23H,11H2,1-2H3. The fourth-order valence-electron chi connectivity index (χ4n) is 2.84. The van der Waals surface area contributed by atoms with Gasteiger partial charge in [-0.2, -0.15) is 0 Å². The van der Waals surface area contributed by atoms with Gasteiger partial charge in [0, 0.05) is 28.9 Å². The molecule has 6 heteroatoms. The van der Waals surface area contributed by atoms with E-state index < -0.39 is 5.63 Å². The molecule has 6 nitrogen and oxygen atoms in total. The lowest BCUT2D eigenvalue weighted by Crippen LogP contribution is -2.05. The van der Waals surface area contributed by atoms with Crippen LogP contribution in [0.1, 0.15) is 16.7 Å². The van der Waals surface area contributed by atoms with Crippen LogP contribution in [0.25, 0.3) is 22.5 Å². The van der Waals surface area contributed by atoms with Crippen molar-refractivity contribution in [3.63, 3.8) is 0 Å². The maximum Gasteiger partial charge on any atom is 0.343 e. The first-order valence-electron chi connectivity index (χ1n) is 8.42. The predicted molar refractivity (Wildman–Crippen MR) is 99.9 cm³/mol. The van der Waals surface area contributed by atoms with Gasteiger partial charge in [-0.15, -0.1) is 0 Å². The van der Waals surface area contributed by atoms with Crippen LogP contribution in [0.3, 0.4) is 0 Å². The summed E-state index contributed by atoms with van der Waals surface area (Å²) in [4.78, 5) is 15.9. The molecule has 0 atom stereocenters. The second-order valence-corrected chi connectivity index (χ2v) is 6.28. The van der Waals surface area contributed by atoms with Crippen LogP contribution in [-0.2, 0) is 6.61 Å². The van der Waals surface area contributed by atoms with Crippen molar-refractivity contribution in [2.45, 2.75) is 20.5 Å². The number of rotatable bonds is 4. The molecule has 27 heavy (non-hydrogen) atoms. The third kappa shape index (κ3) is 3.17. The topological polar surface area (TPSA) is 85.7 Å². The third-order valence-corrected chi connectivity index (χ3v) is 4.39. The van der Waals surface area contributed by atoms with Crippen molar-refractivity contribution < 1.29 is 18.7 Å². The number of aromatic nitrogens is 1. The largest absolute Gasteiger partial charge is 0.507 e. The number of furan rings is 1. The molecule has 0 unspecified atom stereocenters. The fraction of sp³-hybridized carbons (Fsp3) is 0.143. The van der Waals surface area contributed by atoms with E-state index in [1.54, 1.807) is 31.5 Å². The minimum absolute atomic E-state index is 0.0813. The fourth-order valence-corrected chi connectivity index (χ4v) is 2.84. The van der Waals surface area contributed by atoms with Crippen LogP contribution >= 0.6 is 0 Å². The quantitative estimate of drug-likeness (QED) is 0.580. The van der Waals surface area contributed by atoms with Gasteiger partial charge in [-0.1, -0.05) is 6.07 Å². The van der Waals surface area contributed by atoms with E-state index in [1.165, 1.54) is 6.92 Å². The molecule has 0 amide bonds. The normalized spacial score (nSPS) is 11.0. The minimum Gasteiger partial charge on any atom is -0.507 e. The molecule has 4 aromatic rings.